The van der Waals surface area contributed by atoms with Crippen LogP contribution in [0.25, 0.3) is 43.4 Å². The Hall–Kier alpha value is -2.02. The van der Waals surface area contributed by atoms with E-state index in [0.29, 0.717) is 0 Å². The third kappa shape index (κ3) is 2.90. The molecule has 115 valence electrons. The zero-order chi connectivity index (χ0) is 15.9. The van der Waals surface area contributed by atoms with Gasteiger partial charge in [-0.3, -0.25) is 0 Å². The van der Waals surface area contributed by atoms with Crippen LogP contribution < -0.4 is 0 Å². The van der Waals surface area contributed by atoms with Crippen molar-refractivity contribution < 1.29 is 32.7 Å². The molecular weight excluding hydrogens is 377 g/mol. The third-order valence-corrected chi connectivity index (χ3v) is 4.61. The molecule has 0 nitrogen and oxygen atoms in total. The number of benzene rings is 5. The normalized spacial score (nSPS) is 10.9. The molecule has 0 saturated carbocycles. The van der Waals surface area contributed by atoms with E-state index in [1.54, 1.807) is 0 Å². The topological polar surface area (TPSA) is 0 Å². The van der Waals surface area contributed by atoms with Gasteiger partial charge in [0.2, 0.25) is 0 Å². The Morgan fingerprint density at radius 2 is 1.32 bits per heavy atom. The molecule has 5 aromatic carbocycles. The van der Waals surface area contributed by atoms with Crippen molar-refractivity contribution in [3.63, 3.8) is 0 Å². The summed E-state index contributed by atoms with van der Waals surface area (Å²) in [7, 11) is 0. The van der Waals surface area contributed by atoms with E-state index in [1.165, 1.54) is 26.9 Å². The average Bonchev–Trinajstić information content (AvgIpc) is 2.65. The molecular formula is C24H14Y-2. The molecule has 1 heteroatoms. The van der Waals surface area contributed by atoms with Gasteiger partial charge in [0.25, 0.3) is 0 Å². The molecule has 5 rings (SSSR count). The van der Waals surface area contributed by atoms with Crippen molar-refractivity contribution in [2.24, 2.45) is 0 Å². The Kier molecular flexibility index (Phi) is 4.42. The van der Waals surface area contributed by atoms with Gasteiger partial charge in [0.15, 0.2) is 0 Å². The number of hydrogen-bond acceptors (Lipinski definition) is 0. The van der Waals surface area contributed by atoms with Crippen molar-refractivity contribution in [3.05, 3.63) is 97.1 Å². The van der Waals surface area contributed by atoms with E-state index in [2.05, 4.69) is 91.0 Å². The van der Waals surface area contributed by atoms with Crippen LogP contribution in [0.4, 0.5) is 0 Å². The summed E-state index contributed by atoms with van der Waals surface area (Å²) in [4.78, 5) is 0. The summed E-state index contributed by atoms with van der Waals surface area (Å²) in [5.41, 5.74) is 2.21. The molecule has 0 amide bonds. The van der Waals surface area contributed by atoms with Crippen molar-refractivity contribution in [1.29, 1.82) is 0 Å². The van der Waals surface area contributed by atoms with Crippen LogP contribution in [0.5, 0.6) is 0 Å². The van der Waals surface area contributed by atoms with E-state index in [-0.39, 0.29) is 32.7 Å². The van der Waals surface area contributed by atoms with Gasteiger partial charge in [-0.15, -0.1) is 40.4 Å². The van der Waals surface area contributed by atoms with E-state index in [1.807, 2.05) is 6.07 Å². The van der Waals surface area contributed by atoms with Gasteiger partial charge in [-0.05, 0) is 5.39 Å². The fourth-order valence-corrected chi connectivity index (χ4v) is 3.40. The molecule has 0 heterocycles. The average molecular weight is 391 g/mol. The maximum Gasteiger partial charge on any atom is 0 e. The van der Waals surface area contributed by atoms with Gasteiger partial charge in [-0.25, -0.2) is 5.56 Å². The predicted octanol–water partition coefficient (Wildman–Crippen LogP) is 6.41. The molecule has 0 aromatic heterocycles. The minimum absolute atomic E-state index is 0. The van der Waals surface area contributed by atoms with Crippen LogP contribution in [0, 0.1) is 12.1 Å². The zero-order valence-corrected chi connectivity index (χ0v) is 16.5. The minimum Gasteiger partial charge on any atom is -0.202 e. The number of fused-ring (bicyclic) bond motifs is 3. The molecule has 0 atom stereocenters. The van der Waals surface area contributed by atoms with E-state index in [4.69, 9.17) is 0 Å². The van der Waals surface area contributed by atoms with E-state index in [9.17, 15) is 0 Å². The van der Waals surface area contributed by atoms with E-state index >= 15 is 0 Å². The van der Waals surface area contributed by atoms with Gasteiger partial charge in [-0.2, -0.15) is 29.8 Å². The van der Waals surface area contributed by atoms with Gasteiger partial charge in [-0.1, -0.05) is 59.3 Å². The summed E-state index contributed by atoms with van der Waals surface area (Å²) in [6.07, 6.45) is 0. The largest absolute Gasteiger partial charge is 0.202 e. The summed E-state index contributed by atoms with van der Waals surface area (Å²) in [5, 5.41) is 7.34. The first kappa shape index (κ1) is 16.5. The number of hydrogen-bond donors (Lipinski definition) is 0. The summed E-state index contributed by atoms with van der Waals surface area (Å²) in [6.45, 7) is 0. The molecule has 0 aliphatic carbocycles. The van der Waals surface area contributed by atoms with Crippen LogP contribution in [-0.4, -0.2) is 0 Å². The molecule has 0 saturated heterocycles. The van der Waals surface area contributed by atoms with Crippen LogP contribution >= 0.6 is 0 Å². The van der Waals surface area contributed by atoms with Crippen molar-refractivity contribution in [2.75, 3.05) is 0 Å². The van der Waals surface area contributed by atoms with Crippen LogP contribution in [0.3, 0.4) is 0 Å². The van der Waals surface area contributed by atoms with Crippen LogP contribution in [0.15, 0.2) is 84.9 Å². The van der Waals surface area contributed by atoms with Crippen LogP contribution in [0.1, 0.15) is 0 Å². The Balaban J connectivity index is 0.00000157. The quantitative estimate of drug-likeness (QED) is 0.229. The maximum atomic E-state index is 3.60. The maximum absolute atomic E-state index is 3.60. The molecule has 0 aliphatic rings. The molecule has 25 heavy (non-hydrogen) atoms. The zero-order valence-electron chi connectivity index (χ0n) is 13.7. The first-order chi connectivity index (χ1) is 11.9. The summed E-state index contributed by atoms with van der Waals surface area (Å²) in [5.74, 6) is 0. The van der Waals surface area contributed by atoms with Crippen molar-refractivity contribution in [1.82, 2.24) is 0 Å². The third-order valence-electron chi connectivity index (χ3n) is 4.61. The molecule has 0 fully saturated rings. The fraction of sp³-hybridized carbons (Fsp3) is 0. The standard InChI is InChI=1S/C24H14.Y/c1-2-8-19-15-22-16-21(13-12-20(22)14-18(19)7-1)24-11-5-9-17-6-3-4-10-23(17)24;/h1-10,12-15H;/q-2;. The molecule has 0 N–H and O–H groups in total. The Bertz CT molecular complexity index is 1200. The number of rotatable bonds is 1. The Labute approximate surface area is 172 Å². The van der Waals surface area contributed by atoms with Crippen LogP contribution in [-0.2, 0) is 32.7 Å². The molecule has 1 radical (unpaired) electrons. The smallest absolute Gasteiger partial charge is 0 e. The summed E-state index contributed by atoms with van der Waals surface area (Å²) >= 11 is 0. The Morgan fingerprint density at radius 1 is 0.600 bits per heavy atom. The fourth-order valence-electron chi connectivity index (χ4n) is 3.40. The Morgan fingerprint density at radius 3 is 2.16 bits per heavy atom. The summed E-state index contributed by atoms with van der Waals surface area (Å²) < 4.78 is 0. The van der Waals surface area contributed by atoms with Crippen molar-refractivity contribution in [2.45, 2.75) is 0 Å². The molecule has 5 aromatic rings. The molecule has 0 bridgehead atoms. The van der Waals surface area contributed by atoms with Crippen molar-refractivity contribution in [3.8, 4) is 11.1 Å². The minimum atomic E-state index is 0. The van der Waals surface area contributed by atoms with Crippen LogP contribution in [0.2, 0.25) is 0 Å². The molecule has 0 spiro atoms. The van der Waals surface area contributed by atoms with Gasteiger partial charge >= 0.3 is 0 Å². The predicted molar refractivity (Wildman–Crippen MR) is 102 cm³/mol. The van der Waals surface area contributed by atoms with Crippen molar-refractivity contribution >= 4 is 32.3 Å². The van der Waals surface area contributed by atoms with Gasteiger partial charge in [0.1, 0.15) is 0 Å². The first-order valence-corrected chi connectivity index (χ1v) is 8.13. The second kappa shape index (κ2) is 6.71. The van der Waals surface area contributed by atoms with Gasteiger partial charge in [0, 0.05) is 32.7 Å². The second-order valence-corrected chi connectivity index (χ2v) is 6.10. The van der Waals surface area contributed by atoms with E-state index in [0.717, 1.165) is 16.5 Å². The van der Waals surface area contributed by atoms with E-state index < -0.39 is 0 Å². The molecule has 0 unspecified atom stereocenters. The molecule has 0 aliphatic heterocycles. The first-order valence-electron chi connectivity index (χ1n) is 8.13. The van der Waals surface area contributed by atoms with Gasteiger partial charge in [0.05, 0.1) is 0 Å². The second-order valence-electron chi connectivity index (χ2n) is 6.10. The SMILES string of the molecule is [Y].[c-]1ccc2ccccc2c1-c1[c-]c2cc3ccccc3cc2cc1. The monoisotopic (exact) mass is 391 g/mol. The van der Waals surface area contributed by atoms with Gasteiger partial charge < -0.3 is 0 Å². The summed E-state index contributed by atoms with van der Waals surface area (Å²) in [6, 6.07) is 36.8.